The maximum atomic E-state index is 12.3. The van der Waals surface area contributed by atoms with Crippen LogP contribution in [0.2, 0.25) is 0 Å². The number of carbonyl (C=O) groups is 1. The molecule has 1 fully saturated rings. The largest absolute Gasteiger partial charge is 0.493 e. The first-order valence-electron chi connectivity index (χ1n) is 8.63. The predicted molar refractivity (Wildman–Crippen MR) is 96.6 cm³/mol. The predicted octanol–water partition coefficient (Wildman–Crippen LogP) is 3.49. The van der Waals surface area contributed by atoms with E-state index in [1.807, 2.05) is 36.1 Å². The van der Waals surface area contributed by atoms with Crippen LogP contribution in [0.3, 0.4) is 0 Å². The smallest absolute Gasteiger partial charge is 0.277 e. The van der Waals surface area contributed by atoms with Gasteiger partial charge in [-0.15, -0.1) is 10.2 Å². The summed E-state index contributed by atoms with van der Waals surface area (Å²) in [5.74, 6) is 2.28. The van der Waals surface area contributed by atoms with E-state index < -0.39 is 0 Å². The molecule has 2 aromatic rings. The van der Waals surface area contributed by atoms with Crippen molar-refractivity contribution in [1.82, 2.24) is 15.1 Å². The van der Waals surface area contributed by atoms with E-state index in [2.05, 4.69) is 17.1 Å². The standard InChI is InChI=1S/C18H23N3O3S/c1-3-23-15-7-5-4-6-14(15)17-19-20-18(24-17)25-12-16(22)21-10-8-13(2)9-11-21/h4-7,13H,3,8-12H2,1-2H3. The van der Waals surface area contributed by atoms with Gasteiger partial charge in [0.05, 0.1) is 17.9 Å². The Hall–Kier alpha value is -2.02. The van der Waals surface area contributed by atoms with E-state index in [0.717, 1.165) is 31.5 Å². The zero-order valence-electron chi connectivity index (χ0n) is 14.6. The Morgan fingerprint density at radius 2 is 2.08 bits per heavy atom. The summed E-state index contributed by atoms with van der Waals surface area (Å²) < 4.78 is 11.3. The van der Waals surface area contributed by atoms with Gasteiger partial charge in [0.25, 0.3) is 11.1 Å². The number of likely N-dealkylation sites (tertiary alicyclic amines) is 1. The average molecular weight is 361 g/mol. The van der Waals surface area contributed by atoms with Gasteiger partial charge in [-0.25, -0.2) is 0 Å². The highest BCUT2D eigenvalue weighted by atomic mass is 32.2. The van der Waals surface area contributed by atoms with E-state index in [4.69, 9.17) is 9.15 Å². The van der Waals surface area contributed by atoms with E-state index in [-0.39, 0.29) is 5.91 Å². The van der Waals surface area contributed by atoms with Crippen LogP contribution in [0.1, 0.15) is 26.7 Å². The monoisotopic (exact) mass is 361 g/mol. The molecule has 7 heteroatoms. The summed E-state index contributed by atoms with van der Waals surface area (Å²) in [5.41, 5.74) is 0.764. The molecule has 0 unspecified atom stereocenters. The maximum Gasteiger partial charge on any atom is 0.277 e. The number of thioether (sulfide) groups is 1. The highest BCUT2D eigenvalue weighted by Gasteiger charge is 2.21. The number of rotatable bonds is 6. The van der Waals surface area contributed by atoms with Gasteiger partial charge in [0.15, 0.2) is 0 Å². The third-order valence-corrected chi connectivity index (χ3v) is 5.08. The summed E-state index contributed by atoms with van der Waals surface area (Å²) in [4.78, 5) is 14.2. The zero-order valence-corrected chi connectivity index (χ0v) is 15.4. The molecule has 0 atom stereocenters. The van der Waals surface area contributed by atoms with Crippen LogP contribution in [0.5, 0.6) is 5.75 Å². The van der Waals surface area contributed by atoms with Gasteiger partial charge in [-0.3, -0.25) is 4.79 Å². The second kappa shape index (κ2) is 8.38. The molecule has 1 saturated heterocycles. The first-order chi connectivity index (χ1) is 12.2. The molecule has 0 radical (unpaired) electrons. The van der Waals surface area contributed by atoms with E-state index in [0.29, 0.717) is 35.1 Å². The summed E-state index contributed by atoms with van der Waals surface area (Å²) in [5, 5.41) is 8.53. The molecule has 2 heterocycles. The topological polar surface area (TPSA) is 68.5 Å². The van der Waals surface area contributed by atoms with E-state index >= 15 is 0 Å². The zero-order chi connectivity index (χ0) is 17.6. The molecule has 1 aromatic carbocycles. The van der Waals surface area contributed by atoms with Crippen LogP contribution in [-0.4, -0.2) is 46.5 Å². The molecule has 25 heavy (non-hydrogen) atoms. The van der Waals surface area contributed by atoms with Gasteiger partial charge >= 0.3 is 0 Å². The van der Waals surface area contributed by atoms with Gasteiger partial charge in [-0.2, -0.15) is 0 Å². The van der Waals surface area contributed by atoms with Gasteiger partial charge in [-0.1, -0.05) is 30.8 Å². The molecule has 6 nitrogen and oxygen atoms in total. The van der Waals surface area contributed by atoms with Crippen LogP contribution in [-0.2, 0) is 4.79 Å². The van der Waals surface area contributed by atoms with Crippen LogP contribution in [0, 0.1) is 5.92 Å². The molecular formula is C18H23N3O3S. The SMILES string of the molecule is CCOc1ccccc1-c1nnc(SCC(=O)N2CCC(C)CC2)o1. The number of piperidine rings is 1. The highest BCUT2D eigenvalue weighted by molar-refractivity contribution is 7.99. The van der Waals surface area contributed by atoms with Gasteiger partial charge in [0.1, 0.15) is 5.75 Å². The molecule has 1 aliphatic rings. The number of ether oxygens (including phenoxy) is 1. The van der Waals surface area contributed by atoms with Gasteiger partial charge < -0.3 is 14.1 Å². The third kappa shape index (κ3) is 4.54. The second-order valence-corrected chi connectivity index (χ2v) is 7.08. The number of nitrogens with zero attached hydrogens (tertiary/aromatic N) is 3. The van der Waals surface area contributed by atoms with Crippen LogP contribution in [0.15, 0.2) is 33.9 Å². The first kappa shape index (κ1) is 17.8. The van der Waals surface area contributed by atoms with Crippen molar-refractivity contribution in [3.63, 3.8) is 0 Å². The number of amides is 1. The fourth-order valence-corrected chi connectivity index (χ4v) is 3.44. The number of para-hydroxylation sites is 1. The van der Waals surface area contributed by atoms with Crippen molar-refractivity contribution in [3.8, 4) is 17.2 Å². The molecule has 134 valence electrons. The normalized spacial score (nSPS) is 15.4. The lowest BCUT2D eigenvalue weighted by Crippen LogP contribution is -2.38. The Labute approximate surface area is 151 Å². The number of benzene rings is 1. The third-order valence-electron chi connectivity index (χ3n) is 4.28. The van der Waals surface area contributed by atoms with Crippen LogP contribution in [0.4, 0.5) is 0 Å². The molecule has 0 N–H and O–H groups in total. The summed E-state index contributed by atoms with van der Waals surface area (Å²) in [6, 6.07) is 7.55. The molecule has 1 aliphatic heterocycles. The maximum absolute atomic E-state index is 12.3. The van der Waals surface area contributed by atoms with Gasteiger partial charge in [0.2, 0.25) is 5.91 Å². The van der Waals surface area contributed by atoms with Crippen LogP contribution in [0.25, 0.3) is 11.5 Å². The summed E-state index contributed by atoms with van der Waals surface area (Å²) >= 11 is 1.29. The van der Waals surface area contributed by atoms with Crippen molar-refractivity contribution in [1.29, 1.82) is 0 Å². The number of aromatic nitrogens is 2. The summed E-state index contributed by atoms with van der Waals surface area (Å²) in [6.07, 6.45) is 2.16. The van der Waals surface area contributed by atoms with Gasteiger partial charge in [-0.05, 0) is 37.8 Å². The highest BCUT2D eigenvalue weighted by Crippen LogP contribution is 2.30. The summed E-state index contributed by atoms with van der Waals surface area (Å²) in [6.45, 7) is 6.42. The van der Waals surface area contributed by atoms with Crippen molar-refractivity contribution in [3.05, 3.63) is 24.3 Å². The van der Waals surface area contributed by atoms with Crippen molar-refractivity contribution in [2.45, 2.75) is 31.9 Å². The minimum absolute atomic E-state index is 0.131. The lowest BCUT2D eigenvalue weighted by atomic mass is 9.99. The van der Waals surface area contributed by atoms with Crippen molar-refractivity contribution < 1.29 is 13.9 Å². The van der Waals surface area contributed by atoms with Crippen LogP contribution < -0.4 is 4.74 Å². The minimum Gasteiger partial charge on any atom is -0.493 e. The lowest BCUT2D eigenvalue weighted by Gasteiger charge is -2.30. The summed E-state index contributed by atoms with van der Waals surface area (Å²) in [7, 11) is 0. The quantitative estimate of drug-likeness (QED) is 0.734. The Morgan fingerprint density at radius 3 is 2.84 bits per heavy atom. The molecule has 1 aromatic heterocycles. The van der Waals surface area contributed by atoms with E-state index in [1.54, 1.807) is 0 Å². The van der Waals surface area contributed by atoms with Crippen molar-refractivity contribution in [2.75, 3.05) is 25.4 Å². The Kier molecular flexibility index (Phi) is 5.96. The minimum atomic E-state index is 0.131. The molecular weight excluding hydrogens is 338 g/mol. The lowest BCUT2D eigenvalue weighted by molar-refractivity contribution is -0.129. The fraction of sp³-hybridized carbons (Fsp3) is 0.500. The Balaban J connectivity index is 1.60. The van der Waals surface area contributed by atoms with E-state index in [1.165, 1.54) is 11.8 Å². The van der Waals surface area contributed by atoms with Crippen molar-refractivity contribution >= 4 is 17.7 Å². The molecule has 0 aliphatic carbocycles. The van der Waals surface area contributed by atoms with E-state index in [9.17, 15) is 4.79 Å². The second-order valence-electron chi connectivity index (χ2n) is 6.15. The fourth-order valence-electron chi connectivity index (χ4n) is 2.77. The van der Waals surface area contributed by atoms with Crippen LogP contribution >= 0.6 is 11.8 Å². The molecule has 0 spiro atoms. The molecule has 1 amide bonds. The number of carbonyl (C=O) groups excluding carboxylic acids is 1. The molecule has 0 bridgehead atoms. The number of hydrogen-bond donors (Lipinski definition) is 0. The Bertz CT molecular complexity index is 711. The molecule has 3 rings (SSSR count). The Morgan fingerprint density at radius 1 is 1.32 bits per heavy atom. The first-order valence-corrected chi connectivity index (χ1v) is 9.62. The average Bonchev–Trinajstić information content (AvgIpc) is 3.10. The molecule has 0 saturated carbocycles. The number of hydrogen-bond acceptors (Lipinski definition) is 6. The van der Waals surface area contributed by atoms with Crippen molar-refractivity contribution in [2.24, 2.45) is 5.92 Å². The van der Waals surface area contributed by atoms with Gasteiger partial charge in [0, 0.05) is 13.1 Å².